The van der Waals surface area contributed by atoms with E-state index in [0.29, 0.717) is 11.7 Å². The van der Waals surface area contributed by atoms with Gasteiger partial charge in [0, 0.05) is 23.3 Å². The Hall–Kier alpha value is -1.98. The Labute approximate surface area is 139 Å². The average molecular weight is 335 g/mol. The van der Waals surface area contributed by atoms with Crippen molar-refractivity contribution in [3.63, 3.8) is 0 Å². The van der Waals surface area contributed by atoms with Gasteiger partial charge < -0.3 is 20.1 Å². The van der Waals surface area contributed by atoms with E-state index in [1.807, 2.05) is 43.3 Å². The van der Waals surface area contributed by atoms with Gasteiger partial charge in [0.25, 0.3) is 0 Å². The van der Waals surface area contributed by atoms with Gasteiger partial charge in [-0.2, -0.15) is 0 Å². The molecular formula is C16H15ClN2O2S. The van der Waals surface area contributed by atoms with Gasteiger partial charge in [-0.3, -0.25) is 0 Å². The Morgan fingerprint density at radius 3 is 2.82 bits per heavy atom. The van der Waals surface area contributed by atoms with Gasteiger partial charge >= 0.3 is 0 Å². The largest absolute Gasteiger partial charge is 0.454 e. The van der Waals surface area contributed by atoms with Gasteiger partial charge in [-0.15, -0.1) is 0 Å². The van der Waals surface area contributed by atoms with Gasteiger partial charge in [0.15, 0.2) is 16.6 Å². The maximum Gasteiger partial charge on any atom is 0.231 e. The summed E-state index contributed by atoms with van der Waals surface area (Å²) in [6.07, 6.45) is 0. The highest BCUT2D eigenvalue weighted by molar-refractivity contribution is 7.80. The van der Waals surface area contributed by atoms with E-state index in [2.05, 4.69) is 10.6 Å². The molecule has 0 saturated carbocycles. The van der Waals surface area contributed by atoms with Crippen LogP contribution in [-0.4, -0.2) is 11.9 Å². The molecule has 6 heteroatoms. The van der Waals surface area contributed by atoms with Crippen molar-refractivity contribution in [2.75, 3.05) is 12.1 Å². The van der Waals surface area contributed by atoms with E-state index < -0.39 is 0 Å². The molecule has 114 valence electrons. The molecule has 22 heavy (non-hydrogen) atoms. The molecule has 0 unspecified atom stereocenters. The maximum absolute atomic E-state index is 5.95. The molecule has 2 aromatic rings. The standard InChI is InChI=1S/C16H15ClN2O2S/c1-10-6-12(17)3-2-11(10)8-18-16(22)19-13-4-5-14-15(7-13)21-9-20-14/h2-7H,8-9H2,1H3,(H2,18,19,22). The lowest BCUT2D eigenvalue weighted by Crippen LogP contribution is -2.28. The predicted molar refractivity (Wildman–Crippen MR) is 91.8 cm³/mol. The number of halogens is 1. The lowest BCUT2D eigenvalue weighted by atomic mass is 10.1. The average Bonchev–Trinajstić information content (AvgIpc) is 2.94. The molecular weight excluding hydrogens is 320 g/mol. The van der Waals surface area contributed by atoms with Gasteiger partial charge in [-0.05, 0) is 54.5 Å². The summed E-state index contributed by atoms with van der Waals surface area (Å²) in [6, 6.07) is 11.4. The third kappa shape index (κ3) is 3.43. The molecule has 0 saturated heterocycles. The minimum absolute atomic E-state index is 0.261. The predicted octanol–water partition coefficient (Wildman–Crippen LogP) is 3.86. The number of anilines is 1. The summed E-state index contributed by atoms with van der Waals surface area (Å²) in [5, 5.41) is 7.60. The summed E-state index contributed by atoms with van der Waals surface area (Å²) in [6.45, 7) is 2.92. The quantitative estimate of drug-likeness (QED) is 0.834. The van der Waals surface area contributed by atoms with Gasteiger partial charge in [-0.25, -0.2) is 0 Å². The molecule has 0 atom stereocenters. The van der Waals surface area contributed by atoms with Crippen molar-refractivity contribution < 1.29 is 9.47 Å². The van der Waals surface area contributed by atoms with Crippen LogP contribution in [0, 0.1) is 6.92 Å². The molecule has 0 fully saturated rings. The fourth-order valence-electron chi connectivity index (χ4n) is 2.18. The molecule has 0 aromatic heterocycles. The zero-order valence-corrected chi connectivity index (χ0v) is 13.6. The number of thiocarbonyl (C=S) groups is 1. The Balaban J connectivity index is 1.58. The van der Waals surface area contributed by atoms with Crippen LogP contribution >= 0.6 is 23.8 Å². The summed E-state index contributed by atoms with van der Waals surface area (Å²) >= 11 is 11.3. The first-order chi connectivity index (χ1) is 10.6. The van der Waals surface area contributed by atoms with Crippen molar-refractivity contribution in [1.82, 2.24) is 5.32 Å². The van der Waals surface area contributed by atoms with Crippen LogP contribution in [-0.2, 0) is 6.54 Å². The van der Waals surface area contributed by atoms with Crippen molar-refractivity contribution in [2.24, 2.45) is 0 Å². The molecule has 0 amide bonds. The summed E-state index contributed by atoms with van der Waals surface area (Å²) in [4.78, 5) is 0. The van der Waals surface area contributed by atoms with Gasteiger partial charge in [-0.1, -0.05) is 17.7 Å². The maximum atomic E-state index is 5.95. The highest BCUT2D eigenvalue weighted by atomic mass is 35.5. The van der Waals surface area contributed by atoms with Crippen LogP contribution in [0.1, 0.15) is 11.1 Å². The number of nitrogens with one attached hydrogen (secondary N) is 2. The second kappa shape index (κ2) is 6.42. The van der Waals surface area contributed by atoms with E-state index in [1.165, 1.54) is 0 Å². The van der Waals surface area contributed by atoms with E-state index in [4.69, 9.17) is 33.3 Å². The SMILES string of the molecule is Cc1cc(Cl)ccc1CNC(=S)Nc1ccc2c(c1)OCO2. The molecule has 1 heterocycles. The number of ether oxygens (including phenoxy) is 2. The molecule has 4 nitrogen and oxygen atoms in total. The minimum atomic E-state index is 0.261. The van der Waals surface area contributed by atoms with Crippen molar-refractivity contribution >= 4 is 34.6 Å². The topological polar surface area (TPSA) is 42.5 Å². The fourth-order valence-corrected chi connectivity index (χ4v) is 2.60. The van der Waals surface area contributed by atoms with E-state index in [0.717, 1.165) is 33.3 Å². The summed E-state index contributed by atoms with van der Waals surface area (Å²) < 4.78 is 10.6. The van der Waals surface area contributed by atoms with Crippen molar-refractivity contribution in [1.29, 1.82) is 0 Å². The van der Waals surface area contributed by atoms with Crippen LogP contribution in [0.4, 0.5) is 5.69 Å². The third-order valence-corrected chi connectivity index (χ3v) is 3.86. The van der Waals surface area contributed by atoms with Crippen molar-refractivity contribution in [2.45, 2.75) is 13.5 Å². The fraction of sp³-hybridized carbons (Fsp3) is 0.188. The molecule has 0 aliphatic carbocycles. The molecule has 0 spiro atoms. The lowest BCUT2D eigenvalue weighted by Gasteiger charge is -2.12. The Morgan fingerprint density at radius 2 is 2.00 bits per heavy atom. The van der Waals surface area contributed by atoms with Gasteiger partial charge in [0.2, 0.25) is 6.79 Å². The molecule has 1 aliphatic heterocycles. The number of rotatable bonds is 3. The summed E-state index contributed by atoms with van der Waals surface area (Å²) in [7, 11) is 0. The van der Waals surface area contributed by atoms with Crippen LogP contribution in [0.2, 0.25) is 5.02 Å². The Bertz CT molecular complexity index is 721. The van der Waals surface area contributed by atoms with E-state index in [1.54, 1.807) is 0 Å². The van der Waals surface area contributed by atoms with E-state index in [-0.39, 0.29) is 6.79 Å². The second-order valence-corrected chi connectivity index (χ2v) is 5.79. The Kier molecular flexibility index (Phi) is 4.36. The molecule has 0 radical (unpaired) electrons. The van der Waals surface area contributed by atoms with Crippen molar-refractivity contribution in [3.8, 4) is 11.5 Å². The van der Waals surface area contributed by atoms with Gasteiger partial charge in [0.05, 0.1) is 0 Å². The number of benzene rings is 2. The van der Waals surface area contributed by atoms with E-state index >= 15 is 0 Å². The normalized spacial score (nSPS) is 12.1. The molecule has 3 rings (SSSR count). The molecule has 2 N–H and O–H groups in total. The number of aryl methyl sites for hydroxylation is 1. The van der Waals surface area contributed by atoms with Crippen molar-refractivity contribution in [3.05, 3.63) is 52.5 Å². The van der Waals surface area contributed by atoms with E-state index in [9.17, 15) is 0 Å². The zero-order chi connectivity index (χ0) is 15.5. The van der Waals surface area contributed by atoms with Crippen LogP contribution in [0.15, 0.2) is 36.4 Å². The van der Waals surface area contributed by atoms with Gasteiger partial charge in [0.1, 0.15) is 0 Å². The number of hydrogen-bond donors (Lipinski definition) is 2. The lowest BCUT2D eigenvalue weighted by molar-refractivity contribution is 0.174. The Morgan fingerprint density at radius 1 is 1.18 bits per heavy atom. The molecule has 2 aromatic carbocycles. The smallest absolute Gasteiger partial charge is 0.231 e. The number of fused-ring (bicyclic) bond motifs is 1. The van der Waals surface area contributed by atoms with Crippen LogP contribution < -0.4 is 20.1 Å². The monoisotopic (exact) mass is 334 g/mol. The zero-order valence-electron chi connectivity index (χ0n) is 12.0. The summed E-state index contributed by atoms with van der Waals surface area (Å²) in [5.74, 6) is 1.47. The first kappa shape index (κ1) is 14.9. The first-order valence-electron chi connectivity index (χ1n) is 6.81. The second-order valence-electron chi connectivity index (χ2n) is 4.95. The van der Waals surface area contributed by atoms with Crippen LogP contribution in [0.3, 0.4) is 0 Å². The van der Waals surface area contributed by atoms with Crippen LogP contribution in [0.5, 0.6) is 11.5 Å². The number of hydrogen-bond acceptors (Lipinski definition) is 3. The highest BCUT2D eigenvalue weighted by Crippen LogP contribution is 2.34. The molecule has 1 aliphatic rings. The minimum Gasteiger partial charge on any atom is -0.454 e. The molecule has 0 bridgehead atoms. The highest BCUT2D eigenvalue weighted by Gasteiger charge is 2.13. The third-order valence-electron chi connectivity index (χ3n) is 3.37. The summed E-state index contributed by atoms with van der Waals surface area (Å²) in [5.41, 5.74) is 3.14. The van der Waals surface area contributed by atoms with Crippen LogP contribution in [0.25, 0.3) is 0 Å². The first-order valence-corrected chi connectivity index (χ1v) is 7.60.